The quantitative estimate of drug-likeness (QED) is 0.271. The number of aromatic nitrogens is 3. The Kier molecular flexibility index (Phi) is 9.81. The van der Waals surface area contributed by atoms with E-state index in [1.54, 1.807) is 25.5 Å². The Morgan fingerprint density at radius 1 is 1.32 bits per heavy atom. The molecule has 9 heteroatoms. The molecular formula is C16H24FIN6O. The predicted molar refractivity (Wildman–Crippen MR) is 106 cm³/mol. The van der Waals surface area contributed by atoms with Crippen LogP contribution in [0.25, 0.3) is 0 Å². The van der Waals surface area contributed by atoms with Crippen molar-refractivity contribution in [2.75, 3.05) is 26.7 Å². The molecule has 0 saturated carbocycles. The fourth-order valence-electron chi connectivity index (χ4n) is 2.15. The number of halogens is 2. The lowest BCUT2D eigenvalue weighted by molar-refractivity contribution is 0.320. The highest BCUT2D eigenvalue weighted by molar-refractivity contribution is 14.0. The van der Waals surface area contributed by atoms with E-state index in [1.165, 1.54) is 12.1 Å². The normalized spacial score (nSPS) is 10.9. The molecule has 0 aliphatic carbocycles. The van der Waals surface area contributed by atoms with Gasteiger partial charge in [-0.25, -0.2) is 4.39 Å². The van der Waals surface area contributed by atoms with Crippen molar-refractivity contribution in [1.29, 1.82) is 0 Å². The third-order valence-corrected chi connectivity index (χ3v) is 3.34. The van der Waals surface area contributed by atoms with Crippen molar-refractivity contribution < 1.29 is 9.13 Å². The Bertz CT molecular complexity index is 664. The van der Waals surface area contributed by atoms with Crippen LogP contribution in [0.1, 0.15) is 12.7 Å². The van der Waals surface area contributed by atoms with Gasteiger partial charge in [0.15, 0.2) is 5.96 Å². The number of aliphatic imine (C=N–C) groups is 1. The predicted octanol–water partition coefficient (Wildman–Crippen LogP) is 1.84. The molecule has 0 aliphatic rings. The Morgan fingerprint density at radius 2 is 2.12 bits per heavy atom. The Hall–Kier alpha value is -1.91. The molecule has 0 spiro atoms. The van der Waals surface area contributed by atoms with Crippen LogP contribution < -0.4 is 15.4 Å². The summed E-state index contributed by atoms with van der Waals surface area (Å²) in [6.07, 6.45) is 2.58. The molecule has 2 N–H and O–H groups in total. The largest absolute Gasteiger partial charge is 0.492 e. The zero-order valence-electron chi connectivity index (χ0n) is 14.4. The highest BCUT2D eigenvalue weighted by Crippen LogP contribution is 2.11. The van der Waals surface area contributed by atoms with E-state index in [0.29, 0.717) is 31.4 Å². The molecule has 1 aromatic heterocycles. The van der Waals surface area contributed by atoms with Crippen LogP contribution in [-0.2, 0) is 13.0 Å². The summed E-state index contributed by atoms with van der Waals surface area (Å²) in [5, 5.41) is 14.3. The smallest absolute Gasteiger partial charge is 0.191 e. The van der Waals surface area contributed by atoms with Gasteiger partial charge in [0.25, 0.3) is 0 Å². The van der Waals surface area contributed by atoms with Crippen molar-refractivity contribution in [2.45, 2.75) is 19.9 Å². The number of benzene rings is 1. The number of ether oxygens (including phenoxy) is 1. The molecule has 25 heavy (non-hydrogen) atoms. The van der Waals surface area contributed by atoms with E-state index in [-0.39, 0.29) is 29.8 Å². The number of nitrogens with zero attached hydrogens (tertiary/aromatic N) is 4. The fraction of sp³-hybridized carbons (Fsp3) is 0.438. The number of hydrogen-bond donors (Lipinski definition) is 2. The summed E-state index contributed by atoms with van der Waals surface area (Å²) >= 11 is 0. The molecule has 0 amide bonds. The van der Waals surface area contributed by atoms with Crippen molar-refractivity contribution in [3.63, 3.8) is 0 Å². The third kappa shape index (κ3) is 7.24. The molecule has 1 aromatic carbocycles. The van der Waals surface area contributed by atoms with Crippen LogP contribution in [0.5, 0.6) is 5.75 Å². The van der Waals surface area contributed by atoms with Crippen molar-refractivity contribution in [3.05, 3.63) is 42.2 Å². The molecule has 2 rings (SSSR count). The van der Waals surface area contributed by atoms with Gasteiger partial charge in [0, 0.05) is 32.6 Å². The number of aryl methyl sites for hydroxylation is 1. The minimum atomic E-state index is -0.307. The molecule has 138 valence electrons. The summed E-state index contributed by atoms with van der Waals surface area (Å²) in [6, 6.07) is 6.09. The molecular weight excluding hydrogens is 438 g/mol. The molecule has 0 radical (unpaired) electrons. The van der Waals surface area contributed by atoms with Crippen LogP contribution in [-0.4, -0.2) is 47.5 Å². The zero-order chi connectivity index (χ0) is 17.2. The van der Waals surface area contributed by atoms with Gasteiger partial charge < -0.3 is 19.9 Å². The van der Waals surface area contributed by atoms with Gasteiger partial charge in [-0.3, -0.25) is 4.99 Å². The van der Waals surface area contributed by atoms with Gasteiger partial charge in [-0.2, -0.15) is 0 Å². The van der Waals surface area contributed by atoms with Crippen molar-refractivity contribution in [2.24, 2.45) is 4.99 Å². The van der Waals surface area contributed by atoms with Crippen LogP contribution in [0.3, 0.4) is 0 Å². The first-order valence-corrected chi connectivity index (χ1v) is 7.92. The molecule has 2 aromatic rings. The Balaban J connectivity index is 0.00000312. The second kappa shape index (κ2) is 11.6. The van der Waals surface area contributed by atoms with E-state index in [1.807, 2.05) is 11.5 Å². The van der Waals surface area contributed by atoms with E-state index in [4.69, 9.17) is 4.74 Å². The van der Waals surface area contributed by atoms with Gasteiger partial charge in [0.05, 0.1) is 6.54 Å². The second-order valence-corrected chi connectivity index (χ2v) is 5.03. The number of rotatable bonds is 8. The molecule has 0 bridgehead atoms. The van der Waals surface area contributed by atoms with Crippen LogP contribution in [0, 0.1) is 5.82 Å². The minimum Gasteiger partial charge on any atom is -0.492 e. The van der Waals surface area contributed by atoms with E-state index < -0.39 is 0 Å². The highest BCUT2D eigenvalue weighted by Gasteiger charge is 2.02. The van der Waals surface area contributed by atoms with E-state index >= 15 is 0 Å². The molecule has 1 heterocycles. The molecule has 0 unspecified atom stereocenters. The first-order chi connectivity index (χ1) is 11.7. The third-order valence-electron chi connectivity index (χ3n) is 3.34. The Labute approximate surface area is 164 Å². The second-order valence-electron chi connectivity index (χ2n) is 5.03. The first-order valence-electron chi connectivity index (χ1n) is 7.92. The zero-order valence-corrected chi connectivity index (χ0v) is 16.7. The maximum Gasteiger partial charge on any atom is 0.191 e. The Morgan fingerprint density at radius 3 is 2.84 bits per heavy atom. The maximum absolute atomic E-state index is 13.0. The lowest BCUT2D eigenvalue weighted by Crippen LogP contribution is -2.40. The van der Waals surface area contributed by atoms with Crippen molar-refractivity contribution >= 4 is 29.9 Å². The van der Waals surface area contributed by atoms with Crippen molar-refractivity contribution in [3.8, 4) is 5.75 Å². The monoisotopic (exact) mass is 462 g/mol. The summed E-state index contributed by atoms with van der Waals surface area (Å²) in [4.78, 5) is 4.15. The van der Waals surface area contributed by atoms with E-state index in [2.05, 4.69) is 25.8 Å². The molecule has 0 saturated heterocycles. The first kappa shape index (κ1) is 21.1. The molecule has 7 nitrogen and oxygen atoms in total. The number of guanidine groups is 1. The van der Waals surface area contributed by atoms with Gasteiger partial charge in [-0.05, 0) is 12.1 Å². The van der Waals surface area contributed by atoms with Gasteiger partial charge in [0.1, 0.15) is 30.3 Å². The SMILES string of the molecule is CCc1nncn1CCNC(=NC)NCCOc1cccc(F)c1.I. The maximum atomic E-state index is 13.0. The summed E-state index contributed by atoms with van der Waals surface area (Å²) in [7, 11) is 1.71. The standard InChI is InChI=1S/C16H23FN6O.HI/c1-3-15-22-21-12-23(15)9-7-19-16(18-2)20-8-10-24-14-6-4-5-13(17)11-14;/h4-6,11-12H,3,7-10H2,1-2H3,(H2,18,19,20);1H. The summed E-state index contributed by atoms with van der Waals surface area (Å²) in [6.45, 7) is 4.48. The lowest BCUT2D eigenvalue weighted by Gasteiger charge is -2.13. The average molecular weight is 462 g/mol. The van der Waals surface area contributed by atoms with E-state index in [0.717, 1.165) is 18.8 Å². The van der Waals surface area contributed by atoms with Gasteiger partial charge >= 0.3 is 0 Å². The van der Waals surface area contributed by atoms with Gasteiger partial charge in [-0.15, -0.1) is 34.2 Å². The van der Waals surface area contributed by atoms with Crippen LogP contribution in [0.4, 0.5) is 4.39 Å². The number of hydrogen-bond acceptors (Lipinski definition) is 4. The average Bonchev–Trinajstić information content (AvgIpc) is 3.04. The van der Waals surface area contributed by atoms with Crippen molar-refractivity contribution in [1.82, 2.24) is 25.4 Å². The number of nitrogens with one attached hydrogen (secondary N) is 2. The summed E-state index contributed by atoms with van der Waals surface area (Å²) < 4.78 is 20.5. The molecule has 0 atom stereocenters. The lowest BCUT2D eigenvalue weighted by atomic mass is 10.3. The molecule has 0 aliphatic heterocycles. The van der Waals surface area contributed by atoms with Gasteiger partial charge in [0.2, 0.25) is 0 Å². The van der Waals surface area contributed by atoms with E-state index in [9.17, 15) is 4.39 Å². The highest BCUT2D eigenvalue weighted by atomic mass is 127. The summed E-state index contributed by atoms with van der Waals surface area (Å²) in [5.41, 5.74) is 0. The fourth-order valence-corrected chi connectivity index (χ4v) is 2.15. The minimum absolute atomic E-state index is 0. The molecule has 0 fully saturated rings. The van der Waals surface area contributed by atoms with Crippen LogP contribution in [0.15, 0.2) is 35.6 Å². The topological polar surface area (TPSA) is 76.4 Å². The summed E-state index contributed by atoms with van der Waals surface area (Å²) in [5.74, 6) is 1.85. The van der Waals surface area contributed by atoms with Crippen LogP contribution >= 0.6 is 24.0 Å². The van der Waals surface area contributed by atoms with Crippen LogP contribution in [0.2, 0.25) is 0 Å². The van der Waals surface area contributed by atoms with Gasteiger partial charge in [-0.1, -0.05) is 13.0 Å².